The van der Waals surface area contributed by atoms with Crippen LogP contribution in [0, 0.1) is 5.92 Å². The lowest BCUT2D eigenvalue weighted by molar-refractivity contribution is 0.148. The molecule has 1 aromatic carbocycles. The normalized spacial score (nSPS) is 12.6. The summed E-state index contributed by atoms with van der Waals surface area (Å²) in [4.78, 5) is 0. The Balaban J connectivity index is 2.22. The number of unbranched alkanes of at least 4 members (excludes halogenated alkanes) is 2. The highest BCUT2D eigenvalue weighted by atomic mass is 16.5. The number of benzene rings is 1. The van der Waals surface area contributed by atoms with Gasteiger partial charge in [0.05, 0.1) is 13.2 Å². The van der Waals surface area contributed by atoms with E-state index >= 15 is 0 Å². The molecule has 0 aliphatic carbocycles. The van der Waals surface area contributed by atoms with E-state index in [2.05, 4.69) is 30.9 Å². The smallest absolute Gasteiger partial charge is 0.0721 e. The van der Waals surface area contributed by atoms with Gasteiger partial charge in [-0.3, -0.25) is 0 Å². The van der Waals surface area contributed by atoms with Crippen LogP contribution in [-0.2, 0) is 11.3 Å². The molecule has 0 unspecified atom stereocenters. The summed E-state index contributed by atoms with van der Waals surface area (Å²) < 4.78 is 5.67. The van der Waals surface area contributed by atoms with Gasteiger partial charge in [0.2, 0.25) is 0 Å². The molecule has 0 aliphatic heterocycles. The number of aliphatic hydroxyl groups is 1. The number of hydrogen-bond donors (Lipinski definition) is 1. The minimum atomic E-state index is 0.279. The average molecular weight is 302 g/mol. The van der Waals surface area contributed by atoms with Gasteiger partial charge in [-0.2, -0.15) is 0 Å². The minimum Gasteiger partial charge on any atom is -0.396 e. The SMILES string of the molecule is C=CCCCC[C@H](/C=C/COCc1ccccc1)CCCO. The van der Waals surface area contributed by atoms with Crippen molar-refractivity contribution in [3.05, 3.63) is 60.7 Å². The Hall–Kier alpha value is -1.38. The average Bonchev–Trinajstić information content (AvgIpc) is 2.56. The van der Waals surface area contributed by atoms with E-state index in [1.54, 1.807) is 0 Å². The molecule has 0 aromatic heterocycles. The van der Waals surface area contributed by atoms with Crippen LogP contribution < -0.4 is 0 Å². The van der Waals surface area contributed by atoms with Crippen LogP contribution in [0.5, 0.6) is 0 Å². The fraction of sp³-hybridized carbons (Fsp3) is 0.500. The van der Waals surface area contributed by atoms with Crippen LogP contribution in [0.1, 0.15) is 44.1 Å². The number of ether oxygens (including phenoxy) is 1. The predicted molar refractivity (Wildman–Crippen MR) is 93.7 cm³/mol. The van der Waals surface area contributed by atoms with Gasteiger partial charge in [0.15, 0.2) is 0 Å². The Morgan fingerprint density at radius 2 is 1.86 bits per heavy atom. The second-order valence-electron chi connectivity index (χ2n) is 5.63. The molecule has 1 atom stereocenters. The van der Waals surface area contributed by atoms with Gasteiger partial charge in [0, 0.05) is 6.61 Å². The first-order valence-electron chi connectivity index (χ1n) is 8.37. The number of aliphatic hydroxyl groups excluding tert-OH is 1. The molecule has 2 nitrogen and oxygen atoms in total. The van der Waals surface area contributed by atoms with Crippen LogP contribution >= 0.6 is 0 Å². The Morgan fingerprint density at radius 1 is 1.09 bits per heavy atom. The molecular weight excluding hydrogens is 272 g/mol. The van der Waals surface area contributed by atoms with E-state index in [0.29, 0.717) is 19.1 Å². The second kappa shape index (κ2) is 13.3. The summed E-state index contributed by atoms with van der Waals surface area (Å²) >= 11 is 0. The molecule has 0 radical (unpaired) electrons. The lowest BCUT2D eigenvalue weighted by atomic mass is 9.96. The zero-order chi connectivity index (χ0) is 15.9. The van der Waals surface area contributed by atoms with Crippen molar-refractivity contribution in [2.45, 2.75) is 45.1 Å². The lowest BCUT2D eigenvalue weighted by Gasteiger charge is -2.11. The molecule has 2 heteroatoms. The monoisotopic (exact) mass is 302 g/mol. The third kappa shape index (κ3) is 9.54. The van der Waals surface area contributed by atoms with Crippen LogP contribution in [-0.4, -0.2) is 18.3 Å². The molecule has 22 heavy (non-hydrogen) atoms. The summed E-state index contributed by atoms with van der Waals surface area (Å²) in [7, 11) is 0. The minimum absolute atomic E-state index is 0.279. The summed E-state index contributed by atoms with van der Waals surface area (Å²) in [6.07, 6.45) is 13.0. The van der Waals surface area contributed by atoms with Gasteiger partial charge in [0.25, 0.3) is 0 Å². The van der Waals surface area contributed by atoms with E-state index in [9.17, 15) is 0 Å². The van der Waals surface area contributed by atoms with Crippen LogP contribution in [0.2, 0.25) is 0 Å². The molecule has 0 saturated carbocycles. The van der Waals surface area contributed by atoms with Crippen molar-refractivity contribution in [2.75, 3.05) is 13.2 Å². The number of rotatable bonds is 13. The molecule has 0 fully saturated rings. The molecule has 122 valence electrons. The highest BCUT2D eigenvalue weighted by Crippen LogP contribution is 2.17. The van der Waals surface area contributed by atoms with Gasteiger partial charge in [0.1, 0.15) is 0 Å². The fourth-order valence-electron chi connectivity index (χ4n) is 2.45. The van der Waals surface area contributed by atoms with Gasteiger partial charge in [-0.25, -0.2) is 0 Å². The van der Waals surface area contributed by atoms with Crippen molar-refractivity contribution in [3.63, 3.8) is 0 Å². The second-order valence-corrected chi connectivity index (χ2v) is 5.63. The largest absolute Gasteiger partial charge is 0.396 e. The molecule has 0 bridgehead atoms. The van der Waals surface area contributed by atoms with Crippen molar-refractivity contribution in [3.8, 4) is 0 Å². The van der Waals surface area contributed by atoms with Gasteiger partial charge >= 0.3 is 0 Å². The van der Waals surface area contributed by atoms with Crippen LogP contribution in [0.4, 0.5) is 0 Å². The van der Waals surface area contributed by atoms with E-state index in [0.717, 1.165) is 19.3 Å². The molecule has 1 rings (SSSR count). The number of hydrogen-bond acceptors (Lipinski definition) is 2. The molecule has 0 aliphatic rings. The Morgan fingerprint density at radius 3 is 2.59 bits per heavy atom. The van der Waals surface area contributed by atoms with E-state index in [1.165, 1.54) is 24.8 Å². The van der Waals surface area contributed by atoms with Crippen LogP contribution in [0.25, 0.3) is 0 Å². The van der Waals surface area contributed by atoms with Crippen LogP contribution in [0.3, 0.4) is 0 Å². The van der Waals surface area contributed by atoms with Gasteiger partial charge in [-0.05, 0) is 43.6 Å². The van der Waals surface area contributed by atoms with E-state index in [1.807, 2.05) is 24.3 Å². The van der Waals surface area contributed by atoms with Crippen molar-refractivity contribution in [1.29, 1.82) is 0 Å². The van der Waals surface area contributed by atoms with Crippen molar-refractivity contribution in [1.82, 2.24) is 0 Å². The van der Waals surface area contributed by atoms with Gasteiger partial charge in [-0.1, -0.05) is 55.0 Å². The summed E-state index contributed by atoms with van der Waals surface area (Å²) in [6.45, 7) is 5.35. The zero-order valence-electron chi connectivity index (χ0n) is 13.6. The highest BCUT2D eigenvalue weighted by molar-refractivity contribution is 5.13. The third-order valence-corrected chi connectivity index (χ3v) is 3.70. The first-order valence-corrected chi connectivity index (χ1v) is 8.37. The first kappa shape index (κ1) is 18.7. The Bertz CT molecular complexity index is 397. The standard InChI is InChI=1S/C20H30O2/c1-2-3-4-6-11-19(14-9-16-21)15-10-17-22-18-20-12-7-5-8-13-20/h2,5,7-8,10,12-13,15,19,21H,1,3-4,6,9,11,14,16-18H2/b15-10+/t19-/m0/s1. The van der Waals surface area contributed by atoms with Crippen molar-refractivity contribution >= 4 is 0 Å². The van der Waals surface area contributed by atoms with E-state index < -0.39 is 0 Å². The quantitative estimate of drug-likeness (QED) is 0.415. The molecule has 0 heterocycles. The van der Waals surface area contributed by atoms with E-state index in [-0.39, 0.29) is 6.61 Å². The van der Waals surface area contributed by atoms with Gasteiger partial charge < -0.3 is 9.84 Å². The Labute approximate surface area is 135 Å². The molecule has 0 amide bonds. The Kier molecular flexibility index (Phi) is 11.3. The maximum atomic E-state index is 9.00. The first-order chi connectivity index (χ1) is 10.9. The maximum absolute atomic E-state index is 9.00. The fourth-order valence-corrected chi connectivity index (χ4v) is 2.45. The lowest BCUT2D eigenvalue weighted by Crippen LogP contribution is -2.00. The van der Waals surface area contributed by atoms with Crippen LogP contribution in [0.15, 0.2) is 55.1 Å². The summed E-state index contributed by atoms with van der Waals surface area (Å²) in [5, 5.41) is 9.00. The summed E-state index contributed by atoms with van der Waals surface area (Å²) in [5.74, 6) is 0.553. The van der Waals surface area contributed by atoms with E-state index in [4.69, 9.17) is 9.84 Å². The third-order valence-electron chi connectivity index (χ3n) is 3.70. The molecular formula is C20H30O2. The molecule has 1 aromatic rings. The number of allylic oxidation sites excluding steroid dienone is 2. The highest BCUT2D eigenvalue weighted by Gasteiger charge is 2.04. The molecule has 0 saturated heterocycles. The molecule has 1 N–H and O–H groups in total. The molecule has 0 spiro atoms. The summed E-state index contributed by atoms with van der Waals surface area (Å²) in [5.41, 5.74) is 1.21. The topological polar surface area (TPSA) is 29.5 Å². The maximum Gasteiger partial charge on any atom is 0.0721 e. The van der Waals surface area contributed by atoms with Crippen molar-refractivity contribution in [2.24, 2.45) is 5.92 Å². The summed E-state index contributed by atoms with van der Waals surface area (Å²) in [6, 6.07) is 10.2. The predicted octanol–water partition coefficient (Wildman–Crippen LogP) is 4.89. The van der Waals surface area contributed by atoms with Crippen molar-refractivity contribution < 1.29 is 9.84 Å². The zero-order valence-corrected chi connectivity index (χ0v) is 13.6. The van der Waals surface area contributed by atoms with Gasteiger partial charge in [-0.15, -0.1) is 6.58 Å².